The van der Waals surface area contributed by atoms with Crippen LogP contribution in [0.2, 0.25) is 5.02 Å². The van der Waals surface area contributed by atoms with E-state index in [4.69, 9.17) is 11.6 Å². The van der Waals surface area contributed by atoms with Crippen LogP contribution in [0.4, 0.5) is 20.2 Å². The Bertz CT molecular complexity index is 817. The molecule has 0 saturated carbocycles. The van der Waals surface area contributed by atoms with E-state index in [9.17, 15) is 23.7 Å². The highest BCUT2D eigenvalue weighted by Crippen LogP contribution is 2.27. The van der Waals surface area contributed by atoms with Crippen molar-refractivity contribution in [2.45, 2.75) is 13.0 Å². The minimum Gasteiger partial charge on any atom is -0.333 e. The fourth-order valence-electron chi connectivity index (χ4n) is 2.18. The monoisotopic (exact) mass is 370 g/mol. The van der Waals surface area contributed by atoms with Gasteiger partial charge in [-0.25, -0.2) is 8.78 Å². The molecule has 2 rings (SSSR count). The minimum atomic E-state index is -0.961. The van der Waals surface area contributed by atoms with Crippen molar-refractivity contribution >= 4 is 28.9 Å². The SMILES string of the molecule is C[C@H]([NH2+]CC(=O)Nc1cc(Cl)ccc1[N+](=O)[O-])c1ccc(F)c(F)c1. The Morgan fingerprint density at radius 2 is 2.00 bits per heavy atom. The van der Waals surface area contributed by atoms with Crippen molar-refractivity contribution in [1.82, 2.24) is 0 Å². The fraction of sp³-hybridized carbons (Fsp3) is 0.188. The molecule has 1 atom stereocenters. The summed E-state index contributed by atoms with van der Waals surface area (Å²) in [6.07, 6.45) is 0. The second kappa shape index (κ2) is 8.00. The summed E-state index contributed by atoms with van der Waals surface area (Å²) in [4.78, 5) is 22.4. The lowest BCUT2D eigenvalue weighted by molar-refractivity contribution is -0.682. The van der Waals surface area contributed by atoms with E-state index in [1.54, 1.807) is 12.2 Å². The average molecular weight is 371 g/mol. The van der Waals surface area contributed by atoms with Gasteiger partial charge in [-0.05, 0) is 37.3 Å². The minimum absolute atomic E-state index is 0.00335. The molecule has 6 nitrogen and oxygen atoms in total. The zero-order valence-corrected chi connectivity index (χ0v) is 13.9. The maximum atomic E-state index is 13.2. The predicted molar refractivity (Wildman–Crippen MR) is 88.3 cm³/mol. The van der Waals surface area contributed by atoms with Gasteiger partial charge in [-0.1, -0.05) is 11.6 Å². The normalized spacial score (nSPS) is 11.8. The zero-order chi connectivity index (χ0) is 18.6. The summed E-state index contributed by atoms with van der Waals surface area (Å²) in [6.45, 7) is 1.66. The molecule has 9 heteroatoms. The number of anilines is 1. The lowest BCUT2D eigenvalue weighted by Gasteiger charge is -2.11. The molecule has 0 unspecified atom stereocenters. The lowest BCUT2D eigenvalue weighted by Crippen LogP contribution is -2.86. The van der Waals surface area contributed by atoms with E-state index < -0.39 is 22.5 Å². The van der Waals surface area contributed by atoms with Gasteiger partial charge in [-0.2, -0.15) is 0 Å². The third kappa shape index (κ3) is 4.94. The Labute approximate surface area is 146 Å². The number of nitrogens with zero attached hydrogens (tertiary/aromatic N) is 1. The van der Waals surface area contributed by atoms with Crippen molar-refractivity contribution in [3.8, 4) is 0 Å². The molecule has 0 spiro atoms. The number of carbonyl (C=O) groups is 1. The van der Waals surface area contributed by atoms with Crippen LogP contribution in [0.1, 0.15) is 18.5 Å². The van der Waals surface area contributed by atoms with E-state index in [1.165, 1.54) is 24.3 Å². The first-order valence-corrected chi connectivity index (χ1v) is 7.68. The molecule has 2 aromatic carbocycles. The summed E-state index contributed by atoms with van der Waals surface area (Å²) in [7, 11) is 0. The number of nitro benzene ring substituents is 1. The summed E-state index contributed by atoms with van der Waals surface area (Å²) < 4.78 is 26.2. The molecule has 25 heavy (non-hydrogen) atoms. The smallest absolute Gasteiger partial charge is 0.292 e. The van der Waals surface area contributed by atoms with Crippen LogP contribution in [0.3, 0.4) is 0 Å². The number of hydrogen-bond donors (Lipinski definition) is 2. The van der Waals surface area contributed by atoms with E-state index in [1.807, 2.05) is 0 Å². The number of amides is 1. The van der Waals surface area contributed by atoms with Crippen LogP contribution in [0.15, 0.2) is 36.4 Å². The summed E-state index contributed by atoms with van der Waals surface area (Å²) in [6, 6.07) is 7.05. The molecule has 0 saturated heterocycles. The Balaban J connectivity index is 2.00. The van der Waals surface area contributed by atoms with Gasteiger partial charge in [0.1, 0.15) is 11.7 Å². The number of nitrogens with two attached hydrogens (primary N) is 1. The highest BCUT2D eigenvalue weighted by molar-refractivity contribution is 6.31. The fourth-order valence-corrected chi connectivity index (χ4v) is 2.36. The molecule has 0 radical (unpaired) electrons. The molecule has 1 amide bonds. The summed E-state index contributed by atoms with van der Waals surface area (Å²) >= 11 is 5.79. The van der Waals surface area contributed by atoms with Crippen molar-refractivity contribution in [3.05, 3.63) is 68.7 Å². The van der Waals surface area contributed by atoms with Gasteiger partial charge in [0, 0.05) is 16.7 Å². The standard InChI is InChI=1S/C16H14ClF2N3O3/c1-9(10-2-4-12(18)13(19)6-10)20-8-16(23)21-14-7-11(17)3-5-15(14)22(24)25/h2-7,9,20H,8H2,1H3,(H,21,23)/p+1/t9-/m0/s1. The highest BCUT2D eigenvalue weighted by Gasteiger charge is 2.18. The number of hydrogen-bond acceptors (Lipinski definition) is 3. The molecule has 3 N–H and O–H groups in total. The Morgan fingerprint density at radius 1 is 1.28 bits per heavy atom. The number of nitrogens with one attached hydrogen (secondary N) is 1. The largest absolute Gasteiger partial charge is 0.333 e. The Morgan fingerprint density at radius 3 is 2.64 bits per heavy atom. The molecular formula is C16H15ClF2N3O3+. The van der Waals surface area contributed by atoms with Gasteiger partial charge in [0.15, 0.2) is 18.2 Å². The third-order valence-electron chi connectivity index (χ3n) is 3.56. The second-order valence-electron chi connectivity index (χ2n) is 5.37. The maximum absolute atomic E-state index is 13.2. The molecule has 0 aromatic heterocycles. The summed E-state index contributed by atoms with van der Waals surface area (Å²) in [5, 5.41) is 15.2. The van der Waals surface area contributed by atoms with Crippen LogP contribution < -0.4 is 10.6 Å². The zero-order valence-electron chi connectivity index (χ0n) is 13.1. The first-order chi connectivity index (χ1) is 11.8. The highest BCUT2D eigenvalue weighted by atomic mass is 35.5. The van der Waals surface area contributed by atoms with E-state index in [-0.39, 0.29) is 29.0 Å². The molecule has 0 aliphatic carbocycles. The van der Waals surface area contributed by atoms with E-state index in [0.717, 1.165) is 12.1 Å². The average Bonchev–Trinajstić information content (AvgIpc) is 2.55. The summed E-state index contributed by atoms with van der Waals surface area (Å²) in [5.41, 5.74) is 0.239. The molecular weight excluding hydrogens is 356 g/mol. The number of halogens is 3. The van der Waals surface area contributed by atoms with Crippen LogP contribution in [0.5, 0.6) is 0 Å². The van der Waals surface area contributed by atoms with Crippen LogP contribution in [-0.2, 0) is 4.79 Å². The van der Waals surface area contributed by atoms with E-state index in [0.29, 0.717) is 5.56 Å². The van der Waals surface area contributed by atoms with Gasteiger partial charge in [-0.3, -0.25) is 14.9 Å². The van der Waals surface area contributed by atoms with Crippen molar-refractivity contribution < 1.29 is 23.8 Å². The first kappa shape index (κ1) is 18.8. The second-order valence-corrected chi connectivity index (χ2v) is 5.81. The number of quaternary nitrogens is 1. The van der Waals surface area contributed by atoms with Gasteiger partial charge in [0.25, 0.3) is 11.6 Å². The molecule has 0 aliphatic heterocycles. The van der Waals surface area contributed by atoms with Gasteiger partial charge in [0.05, 0.1) is 4.92 Å². The molecule has 132 valence electrons. The maximum Gasteiger partial charge on any atom is 0.292 e. The van der Waals surface area contributed by atoms with Crippen molar-refractivity contribution in [1.29, 1.82) is 0 Å². The third-order valence-corrected chi connectivity index (χ3v) is 3.79. The van der Waals surface area contributed by atoms with Gasteiger partial charge < -0.3 is 10.6 Å². The van der Waals surface area contributed by atoms with Crippen LogP contribution in [0, 0.1) is 21.7 Å². The number of nitro groups is 1. The van der Waals surface area contributed by atoms with Gasteiger partial charge >= 0.3 is 0 Å². The number of benzene rings is 2. The molecule has 0 bridgehead atoms. The Hall–Kier alpha value is -2.58. The number of carbonyl (C=O) groups excluding carboxylic acids is 1. The van der Waals surface area contributed by atoms with E-state index >= 15 is 0 Å². The first-order valence-electron chi connectivity index (χ1n) is 7.30. The molecule has 0 heterocycles. The predicted octanol–water partition coefficient (Wildman–Crippen LogP) is 2.79. The quantitative estimate of drug-likeness (QED) is 0.605. The van der Waals surface area contributed by atoms with Crippen LogP contribution in [-0.4, -0.2) is 17.4 Å². The summed E-state index contributed by atoms with van der Waals surface area (Å²) in [5.74, 6) is -2.39. The van der Waals surface area contributed by atoms with E-state index in [2.05, 4.69) is 5.32 Å². The van der Waals surface area contributed by atoms with Crippen molar-refractivity contribution in [3.63, 3.8) is 0 Å². The molecule has 0 aliphatic rings. The molecule has 0 fully saturated rings. The van der Waals surface area contributed by atoms with Crippen LogP contribution in [0.25, 0.3) is 0 Å². The van der Waals surface area contributed by atoms with Crippen molar-refractivity contribution in [2.24, 2.45) is 0 Å². The van der Waals surface area contributed by atoms with Gasteiger partial charge in [0.2, 0.25) is 0 Å². The number of rotatable bonds is 6. The molecule has 2 aromatic rings. The van der Waals surface area contributed by atoms with Crippen LogP contribution >= 0.6 is 11.6 Å². The topological polar surface area (TPSA) is 88.8 Å². The lowest BCUT2D eigenvalue weighted by atomic mass is 10.1. The van der Waals surface area contributed by atoms with Crippen molar-refractivity contribution in [2.75, 3.05) is 11.9 Å². The van der Waals surface area contributed by atoms with Gasteiger partial charge in [-0.15, -0.1) is 0 Å². The Kier molecular flexibility index (Phi) is 6.00.